The predicted octanol–water partition coefficient (Wildman–Crippen LogP) is 2.64. The largest absolute Gasteiger partial charge is 0.486 e. The number of nitrogen functional groups attached to an aromatic ring is 1. The molecule has 2 aliphatic heterocycles. The highest BCUT2D eigenvalue weighted by Gasteiger charge is 2.42. The quantitative estimate of drug-likeness (QED) is 0.848. The van der Waals surface area contributed by atoms with E-state index in [9.17, 15) is 0 Å². The van der Waals surface area contributed by atoms with Gasteiger partial charge < -0.3 is 19.9 Å². The van der Waals surface area contributed by atoms with Crippen LogP contribution in [0, 0.1) is 0 Å². The number of rotatable bonds is 2. The Bertz CT molecular complexity index is 440. The van der Waals surface area contributed by atoms with Crippen LogP contribution < -0.4 is 10.5 Å². The summed E-state index contributed by atoms with van der Waals surface area (Å²) in [5, 5.41) is 0.559. The highest BCUT2D eigenvalue weighted by atomic mass is 35.5. The molecule has 2 atom stereocenters. The maximum Gasteiger partial charge on any atom is 0.161 e. The molecule has 104 valence electrons. The first-order valence-electron chi connectivity index (χ1n) is 6.61. The lowest BCUT2D eigenvalue weighted by atomic mass is 9.91. The van der Waals surface area contributed by atoms with Gasteiger partial charge in [0.15, 0.2) is 5.75 Å². The Morgan fingerprint density at radius 1 is 1.37 bits per heavy atom. The average Bonchev–Trinajstić information content (AvgIpc) is 2.82. The van der Waals surface area contributed by atoms with Crippen molar-refractivity contribution in [2.45, 2.75) is 31.0 Å². The molecular weight excluding hydrogens is 266 g/mol. The van der Waals surface area contributed by atoms with Gasteiger partial charge >= 0.3 is 0 Å². The van der Waals surface area contributed by atoms with Crippen LogP contribution in [0.3, 0.4) is 0 Å². The molecule has 2 heterocycles. The molecule has 0 bridgehead atoms. The van der Waals surface area contributed by atoms with E-state index in [0.717, 1.165) is 25.9 Å². The van der Waals surface area contributed by atoms with Gasteiger partial charge in [-0.15, -0.1) is 0 Å². The van der Waals surface area contributed by atoms with Gasteiger partial charge in [0.2, 0.25) is 0 Å². The van der Waals surface area contributed by atoms with Crippen LogP contribution in [0.4, 0.5) is 5.69 Å². The average molecular weight is 284 g/mol. The number of hydrogen-bond acceptors (Lipinski definition) is 4. The molecular formula is C14H18ClNO3. The summed E-state index contributed by atoms with van der Waals surface area (Å²) in [6, 6.07) is 5.41. The fraction of sp³-hybridized carbons (Fsp3) is 0.571. The smallest absolute Gasteiger partial charge is 0.161 e. The molecule has 2 fully saturated rings. The topological polar surface area (TPSA) is 53.7 Å². The lowest BCUT2D eigenvalue weighted by Gasteiger charge is -2.37. The van der Waals surface area contributed by atoms with Crippen LogP contribution in [0.1, 0.15) is 19.3 Å². The number of hydrogen-bond donors (Lipinski definition) is 1. The summed E-state index contributed by atoms with van der Waals surface area (Å²) < 4.78 is 17.3. The normalized spacial score (nSPS) is 30.7. The number of anilines is 1. The molecule has 0 aromatic heterocycles. The minimum atomic E-state index is -0.168. The molecule has 0 amide bonds. The zero-order chi connectivity index (χ0) is 13.3. The molecule has 2 saturated heterocycles. The van der Waals surface area contributed by atoms with E-state index in [0.29, 0.717) is 29.7 Å². The van der Waals surface area contributed by atoms with Crippen molar-refractivity contribution in [3.63, 3.8) is 0 Å². The SMILES string of the molecule is Nc1cccc(Cl)c1OC1CCOC2(CCOC2)C1. The van der Waals surface area contributed by atoms with E-state index in [1.807, 2.05) is 6.07 Å². The first-order chi connectivity index (χ1) is 9.19. The van der Waals surface area contributed by atoms with Gasteiger partial charge in [0, 0.05) is 25.9 Å². The van der Waals surface area contributed by atoms with E-state index < -0.39 is 0 Å². The van der Waals surface area contributed by atoms with E-state index in [1.165, 1.54) is 0 Å². The van der Waals surface area contributed by atoms with E-state index in [-0.39, 0.29) is 11.7 Å². The molecule has 4 nitrogen and oxygen atoms in total. The number of nitrogens with two attached hydrogens (primary N) is 1. The maximum absolute atomic E-state index is 6.14. The minimum absolute atomic E-state index is 0.0812. The van der Waals surface area contributed by atoms with Crippen molar-refractivity contribution in [1.29, 1.82) is 0 Å². The highest BCUT2D eigenvalue weighted by Crippen LogP contribution is 2.37. The number of halogens is 1. The van der Waals surface area contributed by atoms with Gasteiger partial charge in [-0.3, -0.25) is 0 Å². The lowest BCUT2D eigenvalue weighted by molar-refractivity contribution is -0.112. The highest BCUT2D eigenvalue weighted by molar-refractivity contribution is 6.32. The van der Waals surface area contributed by atoms with Crippen molar-refractivity contribution in [3.8, 4) is 5.75 Å². The second kappa shape index (κ2) is 5.19. The third kappa shape index (κ3) is 2.66. The Morgan fingerprint density at radius 2 is 2.26 bits per heavy atom. The standard InChI is InChI=1S/C14H18ClNO3/c15-11-2-1-3-12(16)13(11)19-10-4-6-18-14(8-10)5-7-17-9-14/h1-3,10H,4-9,16H2. The summed E-state index contributed by atoms with van der Waals surface area (Å²) in [5.41, 5.74) is 6.33. The molecule has 3 rings (SSSR count). The van der Waals surface area contributed by atoms with E-state index in [2.05, 4.69) is 0 Å². The third-order valence-electron chi connectivity index (χ3n) is 3.80. The van der Waals surface area contributed by atoms with Gasteiger partial charge in [-0.1, -0.05) is 17.7 Å². The van der Waals surface area contributed by atoms with Crippen LogP contribution in [0.25, 0.3) is 0 Å². The van der Waals surface area contributed by atoms with Gasteiger partial charge in [-0.05, 0) is 12.1 Å². The Hall–Kier alpha value is -0.970. The van der Waals surface area contributed by atoms with Crippen LogP contribution in [0.2, 0.25) is 5.02 Å². The lowest BCUT2D eigenvalue weighted by Crippen LogP contribution is -2.44. The van der Waals surface area contributed by atoms with Gasteiger partial charge in [0.05, 0.1) is 29.5 Å². The van der Waals surface area contributed by atoms with E-state index >= 15 is 0 Å². The zero-order valence-electron chi connectivity index (χ0n) is 10.7. The monoisotopic (exact) mass is 283 g/mol. The minimum Gasteiger partial charge on any atom is -0.486 e. The second-order valence-electron chi connectivity index (χ2n) is 5.22. The van der Waals surface area contributed by atoms with Gasteiger partial charge in [-0.2, -0.15) is 0 Å². The molecule has 2 N–H and O–H groups in total. The summed E-state index contributed by atoms with van der Waals surface area (Å²) in [7, 11) is 0. The number of para-hydroxylation sites is 1. The van der Waals surface area contributed by atoms with Crippen LogP contribution in [-0.4, -0.2) is 31.5 Å². The second-order valence-corrected chi connectivity index (χ2v) is 5.63. The van der Waals surface area contributed by atoms with Crippen molar-refractivity contribution in [1.82, 2.24) is 0 Å². The molecule has 2 aliphatic rings. The molecule has 2 unspecified atom stereocenters. The van der Waals surface area contributed by atoms with E-state index in [4.69, 9.17) is 31.5 Å². The fourth-order valence-corrected chi connectivity index (χ4v) is 2.99. The first-order valence-corrected chi connectivity index (χ1v) is 6.99. The Morgan fingerprint density at radius 3 is 3.00 bits per heavy atom. The Labute approximate surface area is 117 Å². The summed E-state index contributed by atoms with van der Waals surface area (Å²) in [6.45, 7) is 2.12. The molecule has 0 saturated carbocycles. The molecule has 1 aromatic carbocycles. The zero-order valence-corrected chi connectivity index (χ0v) is 11.5. The van der Waals surface area contributed by atoms with Crippen LogP contribution >= 0.6 is 11.6 Å². The third-order valence-corrected chi connectivity index (χ3v) is 4.09. The van der Waals surface area contributed by atoms with Crippen LogP contribution in [0.5, 0.6) is 5.75 Å². The Kier molecular flexibility index (Phi) is 3.56. The van der Waals surface area contributed by atoms with Gasteiger partial charge in [0.25, 0.3) is 0 Å². The van der Waals surface area contributed by atoms with Crippen molar-refractivity contribution < 1.29 is 14.2 Å². The molecule has 1 aromatic rings. The molecule has 0 aliphatic carbocycles. The summed E-state index contributed by atoms with van der Waals surface area (Å²) in [6.07, 6.45) is 2.70. The first kappa shape index (κ1) is 13.0. The van der Waals surface area contributed by atoms with Gasteiger partial charge in [0.1, 0.15) is 6.10 Å². The van der Waals surface area contributed by atoms with Crippen molar-refractivity contribution in [3.05, 3.63) is 23.2 Å². The van der Waals surface area contributed by atoms with Crippen molar-refractivity contribution >= 4 is 17.3 Å². The summed E-state index contributed by atoms with van der Waals surface area (Å²) in [5.74, 6) is 0.588. The predicted molar refractivity (Wildman–Crippen MR) is 73.6 cm³/mol. The molecule has 19 heavy (non-hydrogen) atoms. The van der Waals surface area contributed by atoms with Gasteiger partial charge in [-0.25, -0.2) is 0 Å². The summed E-state index contributed by atoms with van der Waals surface area (Å²) >= 11 is 6.14. The Balaban J connectivity index is 1.73. The molecule has 1 spiro atoms. The molecule has 0 radical (unpaired) electrons. The van der Waals surface area contributed by atoms with Crippen molar-refractivity contribution in [2.24, 2.45) is 0 Å². The van der Waals surface area contributed by atoms with E-state index in [1.54, 1.807) is 12.1 Å². The van der Waals surface area contributed by atoms with Crippen LogP contribution in [0.15, 0.2) is 18.2 Å². The number of ether oxygens (including phenoxy) is 3. The molecule has 5 heteroatoms. The fourth-order valence-electron chi connectivity index (χ4n) is 2.76. The number of benzene rings is 1. The maximum atomic E-state index is 6.14. The van der Waals surface area contributed by atoms with Crippen molar-refractivity contribution in [2.75, 3.05) is 25.6 Å². The summed E-state index contributed by atoms with van der Waals surface area (Å²) in [4.78, 5) is 0. The van der Waals surface area contributed by atoms with Crippen LogP contribution in [-0.2, 0) is 9.47 Å².